The van der Waals surface area contributed by atoms with E-state index in [1.807, 2.05) is 45.0 Å². The number of nitrogens with one attached hydrogen (secondary N) is 2. The van der Waals surface area contributed by atoms with Gasteiger partial charge in [-0.2, -0.15) is 0 Å². The molecule has 138 valence electrons. The first-order chi connectivity index (χ1) is 10.9. The van der Waals surface area contributed by atoms with E-state index in [1.165, 1.54) is 0 Å². The summed E-state index contributed by atoms with van der Waals surface area (Å²) in [5.41, 5.74) is 0.471. The predicted octanol–water partition coefficient (Wildman–Crippen LogP) is 2.33. The Hall–Kier alpha value is -1.06. The molecule has 3 N–H and O–H groups in total. The molecule has 0 radical (unpaired) electrons. The predicted molar refractivity (Wildman–Crippen MR) is 108 cm³/mol. The second kappa shape index (κ2) is 11.5. The lowest BCUT2D eigenvalue weighted by Crippen LogP contribution is -2.40. The smallest absolute Gasteiger partial charge is 0.191 e. The van der Waals surface area contributed by atoms with Crippen molar-refractivity contribution < 1.29 is 14.6 Å². The number of nitrogens with zero attached hydrogens (tertiary/aromatic N) is 1. The summed E-state index contributed by atoms with van der Waals surface area (Å²) in [6.07, 6.45) is -0.649. The van der Waals surface area contributed by atoms with Crippen molar-refractivity contribution in [3.8, 4) is 5.75 Å². The number of hydrogen-bond donors (Lipinski definition) is 3. The number of aliphatic imine (C=N–C) groups is 1. The third kappa shape index (κ3) is 8.16. The Bertz CT molecular complexity index is 510. The quantitative estimate of drug-likeness (QED) is 0.322. The maximum Gasteiger partial charge on any atom is 0.191 e. The van der Waals surface area contributed by atoms with Crippen LogP contribution in [0.2, 0.25) is 0 Å². The van der Waals surface area contributed by atoms with Gasteiger partial charge in [0.1, 0.15) is 5.75 Å². The van der Waals surface area contributed by atoms with Gasteiger partial charge in [0, 0.05) is 20.2 Å². The van der Waals surface area contributed by atoms with Gasteiger partial charge in [-0.1, -0.05) is 12.1 Å². The molecule has 1 aromatic rings. The molecule has 0 aliphatic rings. The second-order valence-corrected chi connectivity index (χ2v) is 5.83. The molecule has 6 nitrogen and oxygen atoms in total. The van der Waals surface area contributed by atoms with Gasteiger partial charge in [-0.25, -0.2) is 0 Å². The number of aliphatic hydroxyl groups excluding tert-OH is 1. The molecule has 1 aromatic carbocycles. The van der Waals surface area contributed by atoms with Gasteiger partial charge < -0.3 is 25.2 Å². The number of ether oxygens (including phenoxy) is 2. The molecule has 0 spiro atoms. The number of aliphatic hydroxyl groups is 1. The van der Waals surface area contributed by atoms with Crippen LogP contribution in [0.4, 0.5) is 0 Å². The Morgan fingerprint density at radius 3 is 2.58 bits per heavy atom. The maximum absolute atomic E-state index is 10.3. The molecule has 1 unspecified atom stereocenters. The maximum atomic E-state index is 10.3. The molecule has 0 aliphatic heterocycles. The summed E-state index contributed by atoms with van der Waals surface area (Å²) in [5, 5.41) is 16.6. The van der Waals surface area contributed by atoms with Crippen molar-refractivity contribution in [2.45, 2.75) is 32.5 Å². The van der Waals surface area contributed by atoms with E-state index in [-0.39, 0.29) is 29.6 Å². The van der Waals surface area contributed by atoms with Gasteiger partial charge in [0.15, 0.2) is 5.96 Å². The third-order valence-corrected chi connectivity index (χ3v) is 3.46. The highest BCUT2D eigenvalue weighted by Gasteiger charge is 2.16. The molecule has 0 aromatic heterocycles. The van der Waals surface area contributed by atoms with Crippen LogP contribution in [0.3, 0.4) is 0 Å². The largest absolute Gasteiger partial charge is 0.497 e. The Kier molecular flexibility index (Phi) is 11.0. The van der Waals surface area contributed by atoms with Crippen molar-refractivity contribution in [3.05, 3.63) is 29.8 Å². The van der Waals surface area contributed by atoms with Gasteiger partial charge in [0.2, 0.25) is 0 Å². The van der Waals surface area contributed by atoms with E-state index in [4.69, 9.17) is 9.47 Å². The van der Waals surface area contributed by atoms with Crippen LogP contribution in [-0.2, 0) is 4.74 Å². The first-order valence-electron chi connectivity index (χ1n) is 7.81. The lowest BCUT2D eigenvalue weighted by Gasteiger charge is -2.22. The number of hydrogen-bond acceptors (Lipinski definition) is 4. The van der Waals surface area contributed by atoms with Crippen molar-refractivity contribution in [1.29, 1.82) is 0 Å². The summed E-state index contributed by atoms with van der Waals surface area (Å²) in [7, 11) is 3.28. The van der Waals surface area contributed by atoms with Crippen molar-refractivity contribution >= 4 is 29.9 Å². The molecule has 1 atom stereocenters. The summed E-state index contributed by atoms with van der Waals surface area (Å²) in [4.78, 5) is 4.49. The first kappa shape index (κ1) is 22.9. The van der Waals surface area contributed by atoms with Crippen molar-refractivity contribution in [3.63, 3.8) is 0 Å². The zero-order valence-electron chi connectivity index (χ0n) is 15.1. The van der Waals surface area contributed by atoms with E-state index in [9.17, 15) is 5.11 Å². The van der Waals surface area contributed by atoms with Crippen LogP contribution >= 0.6 is 24.0 Å². The first-order valence-corrected chi connectivity index (χ1v) is 7.81. The molecule has 0 fully saturated rings. The van der Waals surface area contributed by atoms with E-state index in [0.29, 0.717) is 19.0 Å². The van der Waals surface area contributed by atoms with E-state index in [0.717, 1.165) is 17.9 Å². The fraction of sp³-hybridized carbons (Fsp3) is 0.588. The van der Waals surface area contributed by atoms with Crippen LogP contribution < -0.4 is 15.4 Å². The van der Waals surface area contributed by atoms with Crippen LogP contribution in [-0.4, -0.2) is 50.5 Å². The van der Waals surface area contributed by atoms with Gasteiger partial charge in [-0.3, -0.25) is 4.99 Å². The minimum Gasteiger partial charge on any atom is -0.497 e. The van der Waals surface area contributed by atoms with Crippen LogP contribution in [0.15, 0.2) is 29.3 Å². The molecule has 0 heterocycles. The molecule has 7 heteroatoms. The summed E-state index contributed by atoms with van der Waals surface area (Å²) in [6, 6.07) is 7.40. The van der Waals surface area contributed by atoms with Crippen molar-refractivity contribution in [2.24, 2.45) is 4.99 Å². The van der Waals surface area contributed by atoms with Gasteiger partial charge in [-0.15, -0.1) is 24.0 Å². The van der Waals surface area contributed by atoms with Crippen LogP contribution in [0.25, 0.3) is 0 Å². The minimum absolute atomic E-state index is 0. The van der Waals surface area contributed by atoms with E-state index in [2.05, 4.69) is 15.6 Å². The molecule has 0 bridgehead atoms. The summed E-state index contributed by atoms with van der Waals surface area (Å²) < 4.78 is 10.5. The minimum atomic E-state index is -0.649. The average molecular weight is 451 g/mol. The fourth-order valence-electron chi connectivity index (χ4n) is 1.84. The number of rotatable bonds is 8. The Labute approximate surface area is 162 Å². The molecular formula is C17H30IN3O3. The Morgan fingerprint density at radius 2 is 2.00 bits per heavy atom. The van der Waals surface area contributed by atoms with Crippen LogP contribution in [0.5, 0.6) is 5.75 Å². The highest BCUT2D eigenvalue weighted by Crippen LogP contribution is 2.18. The van der Waals surface area contributed by atoms with Gasteiger partial charge in [0.25, 0.3) is 0 Å². The van der Waals surface area contributed by atoms with E-state index < -0.39 is 6.10 Å². The molecule has 0 aliphatic carbocycles. The zero-order valence-corrected chi connectivity index (χ0v) is 17.5. The molecule has 0 amide bonds. The number of methoxy groups -OCH3 is 2. The molecule has 24 heavy (non-hydrogen) atoms. The van der Waals surface area contributed by atoms with E-state index in [1.54, 1.807) is 14.2 Å². The number of guanidine groups is 1. The molecule has 0 saturated carbocycles. The van der Waals surface area contributed by atoms with Crippen LogP contribution in [0.1, 0.15) is 32.4 Å². The van der Waals surface area contributed by atoms with E-state index >= 15 is 0 Å². The van der Waals surface area contributed by atoms with Gasteiger partial charge in [-0.05, 0) is 38.5 Å². The average Bonchev–Trinajstić information content (AvgIpc) is 2.57. The van der Waals surface area contributed by atoms with Crippen molar-refractivity contribution in [1.82, 2.24) is 10.6 Å². The highest BCUT2D eigenvalue weighted by molar-refractivity contribution is 14.0. The second-order valence-electron chi connectivity index (χ2n) is 5.83. The number of halogens is 1. The highest BCUT2D eigenvalue weighted by atomic mass is 127. The standard InChI is InChI=1S/C17H29N3O3.HI/c1-6-18-16(20-12-17(2,3)23-5)19-11-15(21)13-8-7-9-14(10-13)22-4;/h7-10,15,21H,6,11-12H2,1-5H3,(H2,18,19,20);1H. The third-order valence-electron chi connectivity index (χ3n) is 3.46. The summed E-state index contributed by atoms with van der Waals surface area (Å²) in [5.74, 6) is 1.38. The SMILES string of the molecule is CCNC(=NCC(C)(C)OC)NCC(O)c1cccc(OC)c1.I. The normalized spacial score (nSPS) is 13.0. The fourth-order valence-corrected chi connectivity index (χ4v) is 1.84. The molecular weight excluding hydrogens is 421 g/mol. The van der Waals surface area contributed by atoms with Gasteiger partial charge >= 0.3 is 0 Å². The van der Waals surface area contributed by atoms with Crippen molar-refractivity contribution in [2.75, 3.05) is 33.9 Å². The van der Waals surface area contributed by atoms with Crippen LogP contribution in [0, 0.1) is 0 Å². The zero-order chi connectivity index (χ0) is 17.3. The van der Waals surface area contributed by atoms with Gasteiger partial charge in [0.05, 0.1) is 25.4 Å². The summed E-state index contributed by atoms with van der Waals surface area (Å²) in [6.45, 7) is 7.57. The molecule has 0 saturated heterocycles. The summed E-state index contributed by atoms with van der Waals surface area (Å²) >= 11 is 0. The monoisotopic (exact) mass is 451 g/mol. The molecule has 1 rings (SSSR count). The Morgan fingerprint density at radius 1 is 1.29 bits per heavy atom. The lowest BCUT2D eigenvalue weighted by molar-refractivity contribution is 0.0310. The lowest BCUT2D eigenvalue weighted by atomic mass is 10.1. The number of benzene rings is 1. The topological polar surface area (TPSA) is 75.1 Å². The Balaban J connectivity index is 0.00000529.